The van der Waals surface area contributed by atoms with Crippen LogP contribution < -0.4 is 5.11 Å². The minimum atomic E-state index is -1.24. The van der Waals surface area contributed by atoms with E-state index in [-0.39, 0.29) is 0 Å². The number of aliphatic hydroxyl groups is 1. The second-order valence-corrected chi connectivity index (χ2v) is 3.47. The van der Waals surface area contributed by atoms with Crippen molar-refractivity contribution in [2.24, 2.45) is 5.41 Å². The Bertz CT molecular complexity index is 141. The van der Waals surface area contributed by atoms with Crippen molar-refractivity contribution in [3.8, 4) is 0 Å². The molecule has 0 aliphatic carbocycles. The number of hydrogen-bond donors (Lipinski definition) is 1. The van der Waals surface area contributed by atoms with Crippen molar-refractivity contribution in [1.82, 2.24) is 0 Å². The first-order chi connectivity index (χ1) is 4.19. The van der Waals surface area contributed by atoms with Gasteiger partial charge in [-0.2, -0.15) is 0 Å². The van der Waals surface area contributed by atoms with Gasteiger partial charge in [0.2, 0.25) is 0 Å². The predicted octanol–water partition coefficient (Wildman–Crippen LogP) is -0.467. The standard InChI is InChI=1S/C7H14O3/c1-6(2,5(8)9)7(3,4)10/h10H,1-4H3,(H,8,9)/p-1. The zero-order valence-electron chi connectivity index (χ0n) is 6.76. The van der Waals surface area contributed by atoms with Gasteiger partial charge in [0.25, 0.3) is 0 Å². The first kappa shape index (κ1) is 9.43. The minimum absolute atomic E-state index is 1.20. The minimum Gasteiger partial charge on any atom is -0.549 e. The molecular formula is C7H13O3-. The van der Waals surface area contributed by atoms with E-state index in [9.17, 15) is 15.0 Å². The van der Waals surface area contributed by atoms with Crippen LogP contribution in [0, 0.1) is 5.41 Å². The van der Waals surface area contributed by atoms with Gasteiger partial charge in [0.05, 0.1) is 5.60 Å². The number of aliphatic carboxylic acids is 1. The third-order valence-corrected chi connectivity index (χ3v) is 2.04. The van der Waals surface area contributed by atoms with Crippen LogP contribution in [-0.2, 0) is 4.79 Å². The van der Waals surface area contributed by atoms with E-state index in [0.717, 1.165) is 0 Å². The first-order valence-electron chi connectivity index (χ1n) is 3.13. The maximum absolute atomic E-state index is 10.4. The molecule has 0 saturated carbocycles. The molecule has 0 rings (SSSR count). The van der Waals surface area contributed by atoms with Gasteiger partial charge in [-0.15, -0.1) is 0 Å². The van der Waals surface area contributed by atoms with Crippen LogP contribution in [0.1, 0.15) is 27.7 Å². The summed E-state index contributed by atoms with van der Waals surface area (Å²) in [6, 6.07) is 0. The van der Waals surface area contributed by atoms with Gasteiger partial charge in [0, 0.05) is 11.4 Å². The summed E-state index contributed by atoms with van der Waals surface area (Å²) in [4.78, 5) is 10.4. The molecule has 0 radical (unpaired) electrons. The summed E-state index contributed by atoms with van der Waals surface area (Å²) in [7, 11) is 0. The molecule has 3 heteroatoms. The summed E-state index contributed by atoms with van der Waals surface area (Å²) in [5.74, 6) is -1.24. The van der Waals surface area contributed by atoms with Crippen molar-refractivity contribution in [3.05, 3.63) is 0 Å². The van der Waals surface area contributed by atoms with Crippen molar-refractivity contribution >= 4 is 5.97 Å². The lowest BCUT2D eigenvalue weighted by molar-refractivity contribution is -0.324. The van der Waals surface area contributed by atoms with Gasteiger partial charge in [-0.25, -0.2) is 0 Å². The fourth-order valence-electron chi connectivity index (χ4n) is 0.250. The Morgan fingerprint density at radius 2 is 1.60 bits per heavy atom. The van der Waals surface area contributed by atoms with Crippen LogP contribution in [0.4, 0.5) is 0 Å². The van der Waals surface area contributed by atoms with Crippen molar-refractivity contribution < 1.29 is 15.0 Å². The Kier molecular flexibility index (Phi) is 2.11. The van der Waals surface area contributed by atoms with E-state index in [4.69, 9.17) is 0 Å². The van der Waals surface area contributed by atoms with Crippen molar-refractivity contribution in [3.63, 3.8) is 0 Å². The van der Waals surface area contributed by atoms with Gasteiger partial charge in [-0.3, -0.25) is 0 Å². The molecule has 0 aromatic heterocycles. The third-order valence-electron chi connectivity index (χ3n) is 2.04. The number of carboxylic acid groups (broad SMARTS) is 1. The zero-order chi connectivity index (χ0) is 8.58. The van der Waals surface area contributed by atoms with Crippen LogP contribution >= 0.6 is 0 Å². The molecule has 60 valence electrons. The van der Waals surface area contributed by atoms with E-state index in [2.05, 4.69) is 0 Å². The van der Waals surface area contributed by atoms with Gasteiger partial charge in [-0.05, 0) is 13.8 Å². The molecule has 0 aromatic rings. The van der Waals surface area contributed by atoms with Crippen LogP contribution in [0.5, 0.6) is 0 Å². The molecule has 0 aromatic carbocycles. The second-order valence-electron chi connectivity index (χ2n) is 3.47. The Labute approximate surface area is 60.7 Å². The van der Waals surface area contributed by atoms with Crippen molar-refractivity contribution in [1.29, 1.82) is 0 Å². The van der Waals surface area contributed by atoms with Crippen LogP contribution in [0.15, 0.2) is 0 Å². The lowest BCUT2D eigenvalue weighted by Crippen LogP contribution is -2.51. The van der Waals surface area contributed by atoms with Crippen molar-refractivity contribution in [2.45, 2.75) is 33.3 Å². The normalized spacial score (nSPS) is 13.3. The number of carbonyl (C=O) groups is 1. The molecule has 0 saturated heterocycles. The number of hydrogen-bond acceptors (Lipinski definition) is 3. The highest BCUT2D eigenvalue weighted by Crippen LogP contribution is 2.28. The van der Waals surface area contributed by atoms with E-state index in [1.165, 1.54) is 27.7 Å². The summed E-state index contributed by atoms with van der Waals surface area (Å²) < 4.78 is 0. The van der Waals surface area contributed by atoms with Crippen LogP contribution in [-0.4, -0.2) is 16.7 Å². The summed E-state index contributed by atoms with van der Waals surface area (Å²) in [5.41, 5.74) is -2.45. The summed E-state index contributed by atoms with van der Waals surface area (Å²) in [6.07, 6.45) is 0. The molecule has 0 atom stereocenters. The number of carbonyl (C=O) groups excluding carboxylic acids is 1. The van der Waals surface area contributed by atoms with Crippen LogP contribution in [0.2, 0.25) is 0 Å². The molecule has 0 aliphatic heterocycles. The molecule has 0 spiro atoms. The maximum atomic E-state index is 10.4. The lowest BCUT2D eigenvalue weighted by atomic mass is 9.77. The largest absolute Gasteiger partial charge is 0.549 e. The molecule has 0 unspecified atom stereocenters. The Balaban J connectivity index is 4.57. The van der Waals surface area contributed by atoms with Gasteiger partial charge in [0.1, 0.15) is 0 Å². The fraction of sp³-hybridized carbons (Fsp3) is 0.857. The van der Waals surface area contributed by atoms with Crippen LogP contribution in [0.3, 0.4) is 0 Å². The Hall–Kier alpha value is -0.570. The molecular weight excluding hydrogens is 132 g/mol. The average molecular weight is 145 g/mol. The van der Waals surface area contributed by atoms with Gasteiger partial charge in [-0.1, -0.05) is 13.8 Å². The Morgan fingerprint density at radius 1 is 1.30 bits per heavy atom. The molecule has 10 heavy (non-hydrogen) atoms. The molecule has 0 bridgehead atoms. The molecule has 0 heterocycles. The smallest absolute Gasteiger partial charge is 0.0694 e. The second kappa shape index (κ2) is 2.23. The SMILES string of the molecule is CC(C)(O)C(C)(C)C(=O)[O-]. The number of rotatable bonds is 2. The van der Waals surface area contributed by atoms with E-state index >= 15 is 0 Å². The zero-order valence-corrected chi connectivity index (χ0v) is 6.76. The number of carboxylic acids is 1. The highest BCUT2D eigenvalue weighted by Gasteiger charge is 2.36. The summed E-state index contributed by atoms with van der Waals surface area (Å²) in [5, 5.41) is 19.7. The molecule has 3 nitrogen and oxygen atoms in total. The highest BCUT2D eigenvalue weighted by atomic mass is 16.4. The highest BCUT2D eigenvalue weighted by molar-refractivity contribution is 5.72. The van der Waals surface area contributed by atoms with Crippen LogP contribution in [0.25, 0.3) is 0 Å². The topological polar surface area (TPSA) is 60.4 Å². The summed E-state index contributed by atoms with van der Waals surface area (Å²) >= 11 is 0. The first-order valence-corrected chi connectivity index (χ1v) is 3.13. The molecule has 1 N–H and O–H groups in total. The van der Waals surface area contributed by atoms with Gasteiger partial charge in [0.15, 0.2) is 0 Å². The van der Waals surface area contributed by atoms with E-state index in [1.807, 2.05) is 0 Å². The van der Waals surface area contributed by atoms with E-state index in [1.54, 1.807) is 0 Å². The van der Waals surface area contributed by atoms with Gasteiger partial charge < -0.3 is 15.0 Å². The van der Waals surface area contributed by atoms with E-state index in [0.29, 0.717) is 0 Å². The Morgan fingerprint density at radius 3 is 1.60 bits per heavy atom. The predicted molar refractivity (Wildman–Crippen MR) is 35.1 cm³/mol. The van der Waals surface area contributed by atoms with E-state index < -0.39 is 17.0 Å². The quantitative estimate of drug-likeness (QED) is 0.571. The summed E-state index contributed by atoms with van der Waals surface area (Å²) in [6.45, 7) is 5.76. The third kappa shape index (κ3) is 1.48. The monoisotopic (exact) mass is 145 g/mol. The van der Waals surface area contributed by atoms with Gasteiger partial charge >= 0.3 is 0 Å². The molecule has 0 aliphatic rings. The average Bonchev–Trinajstić information content (AvgIpc) is 1.62. The lowest BCUT2D eigenvalue weighted by Gasteiger charge is -2.37. The maximum Gasteiger partial charge on any atom is 0.0694 e. The molecule has 0 fully saturated rings. The van der Waals surface area contributed by atoms with Crippen molar-refractivity contribution in [2.75, 3.05) is 0 Å². The fourth-order valence-corrected chi connectivity index (χ4v) is 0.250. The molecule has 0 amide bonds.